The Morgan fingerprint density at radius 2 is 2.00 bits per heavy atom. The number of carboxylic acids is 1. The third-order valence-electron chi connectivity index (χ3n) is 2.15. The Hall–Kier alpha value is -1.76. The molecule has 1 rings (SSSR count). The Bertz CT molecular complexity index is 537. The minimum Gasteiger partial charge on any atom is -0.478 e. The normalized spacial score (nSPS) is 11.5. The number of nitrogen functional groups attached to an aromatic ring is 1. The monoisotopic (exact) mass is 258 g/mol. The van der Waals surface area contributed by atoms with Gasteiger partial charge in [0.25, 0.3) is 0 Å². The minimum absolute atomic E-state index is 0.0143. The molecular weight excluding hydrogens is 244 g/mol. The van der Waals surface area contributed by atoms with Gasteiger partial charge in [0.2, 0.25) is 10.0 Å². The first-order chi connectivity index (χ1) is 7.74. The molecule has 4 N–H and O–H groups in total. The fourth-order valence-corrected chi connectivity index (χ4v) is 1.82. The molecule has 6 nitrogen and oxygen atoms in total. The van der Waals surface area contributed by atoms with E-state index in [-0.39, 0.29) is 16.9 Å². The van der Waals surface area contributed by atoms with Gasteiger partial charge in [0.05, 0.1) is 16.5 Å². The summed E-state index contributed by atoms with van der Waals surface area (Å²) in [4.78, 5) is 10.9. The van der Waals surface area contributed by atoms with Crippen molar-refractivity contribution >= 4 is 27.4 Å². The molecule has 0 atom stereocenters. The van der Waals surface area contributed by atoms with Crippen LogP contribution in [0.1, 0.15) is 24.2 Å². The summed E-state index contributed by atoms with van der Waals surface area (Å²) in [5.74, 6) is -1.24. The van der Waals surface area contributed by atoms with Crippen LogP contribution in [0.15, 0.2) is 18.2 Å². The van der Waals surface area contributed by atoms with Crippen molar-refractivity contribution in [3.63, 3.8) is 0 Å². The zero-order chi connectivity index (χ0) is 13.2. The lowest BCUT2D eigenvalue weighted by molar-refractivity contribution is 0.0698. The number of benzene rings is 1. The molecule has 0 amide bonds. The molecule has 0 aliphatic carbocycles. The number of anilines is 2. The predicted molar refractivity (Wildman–Crippen MR) is 65.5 cm³/mol. The highest BCUT2D eigenvalue weighted by atomic mass is 32.2. The number of hydrogen-bond acceptors (Lipinski definition) is 4. The first kappa shape index (κ1) is 13.3. The molecule has 0 bridgehead atoms. The average molecular weight is 258 g/mol. The summed E-state index contributed by atoms with van der Waals surface area (Å²) in [5.41, 5.74) is 5.55. The average Bonchev–Trinajstić information content (AvgIpc) is 2.19. The molecule has 0 aliphatic heterocycles. The number of rotatable bonds is 4. The summed E-state index contributed by atoms with van der Waals surface area (Å²) in [6.07, 6.45) is 0. The zero-order valence-electron chi connectivity index (χ0n) is 9.47. The quantitative estimate of drug-likeness (QED) is 0.701. The van der Waals surface area contributed by atoms with Gasteiger partial charge < -0.3 is 10.8 Å². The van der Waals surface area contributed by atoms with Crippen LogP contribution < -0.4 is 10.5 Å². The van der Waals surface area contributed by atoms with Crippen molar-refractivity contribution in [2.75, 3.05) is 10.5 Å². The SMILES string of the molecule is CC(C)S(=O)(=O)Nc1ccc(N)cc1C(=O)O. The maximum absolute atomic E-state index is 11.6. The lowest BCUT2D eigenvalue weighted by Crippen LogP contribution is -2.23. The van der Waals surface area contributed by atoms with Crippen LogP contribution in [0.4, 0.5) is 11.4 Å². The Morgan fingerprint density at radius 1 is 1.41 bits per heavy atom. The second kappa shape index (κ2) is 4.62. The molecule has 0 saturated heterocycles. The number of carboxylic acid groups (broad SMARTS) is 1. The topological polar surface area (TPSA) is 109 Å². The highest BCUT2D eigenvalue weighted by Gasteiger charge is 2.19. The Morgan fingerprint density at radius 3 is 2.47 bits per heavy atom. The molecule has 0 aromatic heterocycles. The number of aromatic carboxylic acids is 1. The molecule has 0 aliphatic rings. The Kier molecular flexibility index (Phi) is 3.62. The molecule has 94 valence electrons. The van der Waals surface area contributed by atoms with E-state index in [4.69, 9.17) is 10.8 Å². The van der Waals surface area contributed by atoms with Gasteiger partial charge in [-0.1, -0.05) is 0 Å². The van der Waals surface area contributed by atoms with Crippen LogP contribution in [-0.2, 0) is 10.0 Å². The van der Waals surface area contributed by atoms with E-state index in [2.05, 4.69) is 4.72 Å². The predicted octanol–water partition coefficient (Wildman–Crippen LogP) is 1.12. The van der Waals surface area contributed by atoms with Gasteiger partial charge in [-0.2, -0.15) is 0 Å². The summed E-state index contributed by atoms with van der Waals surface area (Å²) in [6.45, 7) is 3.00. The first-order valence-corrected chi connectivity index (χ1v) is 6.43. The van der Waals surface area contributed by atoms with Gasteiger partial charge >= 0.3 is 5.97 Å². The van der Waals surface area contributed by atoms with Gasteiger partial charge in [-0.25, -0.2) is 13.2 Å². The van der Waals surface area contributed by atoms with E-state index in [0.29, 0.717) is 0 Å². The highest BCUT2D eigenvalue weighted by molar-refractivity contribution is 7.93. The molecule has 7 heteroatoms. The third kappa shape index (κ3) is 3.10. The maximum atomic E-state index is 11.6. The standard InChI is InChI=1S/C10H14N2O4S/c1-6(2)17(15,16)12-9-4-3-7(11)5-8(9)10(13)14/h3-6,12H,11H2,1-2H3,(H,13,14). The molecule has 0 fully saturated rings. The van der Waals surface area contributed by atoms with Crippen LogP contribution in [0, 0.1) is 0 Å². The molecule has 0 spiro atoms. The van der Waals surface area contributed by atoms with E-state index in [1.807, 2.05) is 0 Å². The van der Waals surface area contributed by atoms with Crippen LogP contribution in [0.3, 0.4) is 0 Å². The van der Waals surface area contributed by atoms with Gasteiger partial charge in [-0.3, -0.25) is 4.72 Å². The van der Waals surface area contributed by atoms with Crippen LogP contribution in [0.2, 0.25) is 0 Å². The van der Waals surface area contributed by atoms with Crippen molar-refractivity contribution in [3.8, 4) is 0 Å². The van der Waals surface area contributed by atoms with Crippen molar-refractivity contribution in [2.24, 2.45) is 0 Å². The fourth-order valence-electron chi connectivity index (χ4n) is 1.10. The summed E-state index contributed by atoms with van der Waals surface area (Å²) >= 11 is 0. The van der Waals surface area contributed by atoms with Gasteiger partial charge in [0.15, 0.2) is 0 Å². The molecule has 1 aromatic carbocycles. The largest absolute Gasteiger partial charge is 0.478 e. The molecule has 17 heavy (non-hydrogen) atoms. The molecule has 0 unspecified atom stereocenters. The van der Waals surface area contributed by atoms with E-state index in [1.54, 1.807) is 0 Å². The van der Waals surface area contributed by atoms with E-state index in [9.17, 15) is 13.2 Å². The summed E-state index contributed by atoms with van der Waals surface area (Å²) in [5, 5.41) is 8.28. The van der Waals surface area contributed by atoms with E-state index in [0.717, 1.165) is 0 Å². The van der Waals surface area contributed by atoms with Gasteiger partial charge in [0, 0.05) is 5.69 Å². The highest BCUT2D eigenvalue weighted by Crippen LogP contribution is 2.21. The van der Waals surface area contributed by atoms with Crippen molar-refractivity contribution in [1.82, 2.24) is 0 Å². The van der Waals surface area contributed by atoms with Crippen molar-refractivity contribution in [3.05, 3.63) is 23.8 Å². The Labute approximate surface area is 99.5 Å². The van der Waals surface area contributed by atoms with Gasteiger partial charge in [0.1, 0.15) is 0 Å². The Balaban J connectivity index is 3.20. The van der Waals surface area contributed by atoms with Crippen LogP contribution >= 0.6 is 0 Å². The molecule has 0 radical (unpaired) electrons. The maximum Gasteiger partial charge on any atom is 0.337 e. The smallest absolute Gasteiger partial charge is 0.337 e. The number of nitrogens with one attached hydrogen (secondary N) is 1. The summed E-state index contributed by atoms with van der Waals surface area (Å²) < 4.78 is 25.5. The van der Waals surface area contributed by atoms with E-state index >= 15 is 0 Å². The fraction of sp³-hybridized carbons (Fsp3) is 0.300. The summed E-state index contributed by atoms with van der Waals surface area (Å²) in [7, 11) is -3.57. The lowest BCUT2D eigenvalue weighted by Gasteiger charge is -2.13. The molecule has 0 heterocycles. The van der Waals surface area contributed by atoms with Crippen LogP contribution in [-0.4, -0.2) is 24.7 Å². The van der Waals surface area contributed by atoms with Crippen molar-refractivity contribution < 1.29 is 18.3 Å². The van der Waals surface area contributed by atoms with Gasteiger partial charge in [-0.05, 0) is 32.0 Å². The third-order valence-corrected chi connectivity index (χ3v) is 3.89. The number of sulfonamides is 1. The first-order valence-electron chi connectivity index (χ1n) is 4.88. The molecule has 1 aromatic rings. The van der Waals surface area contributed by atoms with E-state index in [1.165, 1.54) is 32.0 Å². The van der Waals surface area contributed by atoms with Crippen LogP contribution in [0.25, 0.3) is 0 Å². The zero-order valence-corrected chi connectivity index (χ0v) is 10.3. The minimum atomic E-state index is -3.57. The number of hydrogen-bond donors (Lipinski definition) is 3. The van der Waals surface area contributed by atoms with Crippen molar-refractivity contribution in [2.45, 2.75) is 19.1 Å². The summed E-state index contributed by atoms with van der Waals surface area (Å²) in [6, 6.07) is 3.98. The number of carbonyl (C=O) groups is 1. The van der Waals surface area contributed by atoms with E-state index < -0.39 is 21.2 Å². The van der Waals surface area contributed by atoms with Crippen molar-refractivity contribution in [1.29, 1.82) is 0 Å². The molecule has 0 saturated carbocycles. The van der Waals surface area contributed by atoms with Crippen LogP contribution in [0.5, 0.6) is 0 Å². The molecular formula is C10H14N2O4S. The second-order valence-electron chi connectivity index (χ2n) is 3.81. The lowest BCUT2D eigenvalue weighted by atomic mass is 10.1. The second-order valence-corrected chi connectivity index (χ2v) is 6.04. The van der Waals surface area contributed by atoms with Gasteiger partial charge in [-0.15, -0.1) is 0 Å². The number of nitrogens with two attached hydrogens (primary N) is 1.